The van der Waals surface area contributed by atoms with Gasteiger partial charge in [-0.25, -0.2) is 4.98 Å². The molecule has 0 spiro atoms. The Bertz CT molecular complexity index is 673. The van der Waals surface area contributed by atoms with Crippen molar-refractivity contribution < 1.29 is 0 Å². The van der Waals surface area contributed by atoms with Crippen LogP contribution in [0.25, 0.3) is 0 Å². The third kappa shape index (κ3) is 5.62. The van der Waals surface area contributed by atoms with E-state index in [2.05, 4.69) is 63.9 Å². The number of aliphatic imine (C=N–C) groups is 1. The van der Waals surface area contributed by atoms with Crippen molar-refractivity contribution in [2.24, 2.45) is 4.99 Å². The molecular formula is C18H27N5S. The van der Waals surface area contributed by atoms with Crippen LogP contribution in [-0.2, 0) is 19.6 Å². The molecule has 0 saturated carbocycles. The second-order valence-electron chi connectivity index (χ2n) is 6.08. The fourth-order valence-electron chi connectivity index (χ4n) is 2.44. The highest BCUT2D eigenvalue weighted by atomic mass is 32.1. The average Bonchev–Trinajstić information content (AvgIpc) is 2.86. The molecule has 0 radical (unpaired) electrons. The summed E-state index contributed by atoms with van der Waals surface area (Å²) in [4.78, 5) is 12.2. The summed E-state index contributed by atoms with van der Waals surface area (Å²) in [7, 11) is 5.95. The number of guanidine groups is 1. The van der Waals surface area contributed by atoms with Gasteiger partial charge < -0.3 is 15.5 Å². The molecule has 0 saturated heterocycles. The summed E-state index contributed by atoms with van der Waals surface area (Å²) in [6.45, 7) is 6.55. The van der Waals surface area contributed by atoms with Crippen LogP contribution in [0.2, 0.25) is 0 Å². The molecule has 0 fully saturated rings. The number of nitrogens with one attached hydrogen (secondary N) is 2. The van der Waals surface area contributed by atoms with Crippen molar-refractivity contribution >= 4 is 17.3 Å². The van der Waals surface area contributed by atoms with Gasteiger partial charge >= 0.3 is 0 Å². The van der Waals surface area contributed by atoms with E-state index >= 15 is 0 Å². The summed E-state index contributed by atoms with van der Waals surface area (Å²) in [5.41, 5.74) is 3.66. The molecule has 2 N–H and O–H groups in total. The molecule has 1 aromatic carbocycles. The van der Waals surface area contributed by atoms with Crippen LogP contribution >= 0.6 is 11.3 Å². The molecule has 0 aliphatic heterocycles. The number of nitrogens with zero attached hydrogens (tertiary/aromatic N) is 3. The van der Waals surface area contributed by atoms with Crippen molar-refractivity contribution in [2.45, 2.75) is 33.5 Å². The zero-order valence-electron chi connectivity index (χ0n) is 15.2. The van der Waals surface area contributed by atoms with Gasteiger partial charge in [0.2, 0.25) is 0 Å². The van der Waals surface area contributed by atoms with E-state index in [-0.39, 0.29) is 0 Å². The van der Waals surface area contributed by atoms with Gasteiger partial charge in [-0.2, -0.15) is 0 Å². The Balaban J connectivity index is 1.84. The number of aromatic nitrogens is 1. The van der Waals surface area contributed by atoms with Gasteiger partial charge in [-0.1, -0.05) is 24.3 Å². The third-order valence-corrected chi connectivity index (χ3v) is 4.69. The van der Waals surface area contributed by atoms with Crippen LogP contribution in [-0.4, -0.2) is 37.0 Å². The van der Waals surface area contributed by atoms with E-state index < -0.39 is 0 Å². The van der Waals surface area contributed by atoms with Crippen LogP contribution < -0.4 is 10.6 Å². The first kappa shape index (κ1) is 18.4. The van der Waals surface area contributed by atoms with Gasteiger partial charge in [0.15, 0.2) is 5.96 Å². The Morgan fingerprint density at radius 2 is 1.71 bits per heavy atom. The topological polar surface area (TPSA) is 52.6 Å². The normalized spacial score (nSPS) is 11.8. The molecular weight excluding hydrogens is 318 g/mol. The first-order valence-corrected chi connectivity index (χ1v) is 8.89. The Morgan fingerprint density at radius 3 is 2.25 bits per heavy atom. The molecule has 2 aromatic rings. The number of hydrogen-bond acceptors (Lipinski definition) is 4. The number of rotatable bonds is 6. The first-order chi connectivity index (χ1) is 11.5. The molecule has 1 heterocycles. The molecule has 0 amide bonds. The predicted molar refractivity (Wildman–Crippen MR) is 102 cm³/mol. The summed E-state index contributed by atoms with van der Waals surface area (Å²) >= 11 is 1.73. The Morgan fingerprint density at radius 1 is 1.08 bits per heavy atom. The quantitative estimate of drug-likeness (QED) is 0.624. The zero-order chi connectivity index (χ0) is 17.5. The fourth-order valence-corrected chi connectivity index (χ4v) is 3.31. The molecule has 0 unspecified atom stereocenters. The summed E-state index contributed by atoms with van der Waals surface area (Å²) in [6, 6.07) is 8.68. The van der Waals surface area contributed by atoms with Gasteiger partial charge in [0.1, 0.15) is 0 Å². The van der Waals surface area contributed by atoms with E-state index in [0.717, 1.165) is 36.3 Å². The molecule has 0 aliphatic carbocycles. The number of hydrogen-bond donors (Lipinski definition) is 2. The van der Waals surface area contributed by atoms with Crippen molar-refractivity contribution in [1.29, 1.82) is 0 Å². The Hall–Kier alpha value is -1.92. The maximum atomic E-state index is 4.45. The van der Waals surface area contributed by atoms with Crippen molar-refractivity contribution in [2.75, 3.05) is 21.1 Å². The summed E-state index contributed by atoms with van der Waals surface area (Å²) in [5, 5.41) is 7.81. The van der Waals surface area contributed by atoms with Gasteiger partial charge in [0.05, 0.1) is 17.2 Å². The number of aryl methyl sites for hydroxylation is 2. The average molecular weight is 346 g/mol. The predicted octanol–water partition coefficient (Wildman–Crippen LogP) is 2.69. The molecule has 0 bridgehead atoms. The van der Waals surface area contributed by atoms with Crippen LogP contribution in [0.4, 0.5) is 0 Å². The van der Waals surface area contributed by atoms with Gasteiger partial charge in [-0.05, 0) is 39.1 Å². The van der Waals surface area contributed by atoms with Crippen molar-refractivity contribution in [3.05, 3.63) is 51.0 Å². The molecule has 6 heteroatoms. The largest absolute Gasteiger partial charge is 0.352 e. The number of thiazole rings is 1. The lowest BCUT2D eigenvalue weighted by Crippen LogP contribution is -2.36. The smallest absolute Gasteiger partial charge is 0.191 e. The van der Waals surface area contributed by atoms with Gasteiger partial charge in [-0.3, -0.25) is 4.99 Å². The second-order valence-corrected chi connectivity index (χ2v) is 7.36. The minimum atomic E-state index is 0.749. The van der Waals surface area contributed by atoms with Crippen LogP contribution in [0, 0.1) is 13.8 Å². The van der Waals surface area contributed by atoms with E-state index in [1.165, 1.54) is 16.0 Å². The second kappa shape index (κ2) is 8.80. The van der Waals surface area contributed by atoms with Crippen LogP contribution in [0.3, 0.4) is 0 Å². The lowest BCUT2D eigenvalue weighted by atomic mass is 10.1. The molecule has 2 rings (SSSR count). The van der Waals surface area contributed by atoms with E-state index in [1.807, 2.05) is 13.8 Å². The SMILES string of the molecule is CN=C(NCc1ccc(CN(C)C)cc1)NCc1sc(C)nc1C. The summed E-state index contributed by atoms with van der Waals surface area (Å²) < 4.78 is 0. The van der Waals surface area contributed by atoms with Crippen molar-refractivity contribution in [3.63, 3.8) is 0 Å². The summed E-state index contributed by atoms with van der Waals surface area (Å²) in [6.07, 6.45) is 0. The lowest BCUT2D eigenvalue weighted by Gasteiger charge is -2.13. The van der Waals surface area contributed by atoms with Crippen LogP contribution in [0.5, 0.6) is 0 Å². The zero-order valence-corrected chi connectivity index (χ0v) is 16.0. The van der Waals surface area contributed by atoms with Crippen LogP contribution in [0.15, 0.2) is 29.3 Å². The minimum absolute atomic E-state index is 0.749. The standard InChI is InChI=1S/C18H27N5S/c1-13-17(24-14(2)22-13)11-21-18(19-3)20-10-15-6-8-16(9-7-15)12-23(4)5/h6-9H,10-12H2,1-5H3,(H2,19,20,21). The lowest BCUT2D eigenvalue weighted by molar-refractivity contribution is 0.402. The molecule has 130 valence electrons. The molecule has 0 aliphatic rings. The van der Waals surface area contributed by atoms with Gasteiger partial charge in [0.25, 0.3) is 0 Å². The first-order valence-electron chi connectivity index (χ1n) is 8.08. The summed E-state index contributed by atoms with van der Waals surface area (Å²) in [5.74, 6) is 0.804. The highest BCUT2D eigenvalue weighted by molar-refractivity contribution is 7.11. The van der Waals surface area contributed by atoms with E-state index in [9.17, 15) is 0 Å². The minimum Gasteiger partial charge on any atom is -0.352 e. The van der Waals surface area contributed by atoms with E-state index in [0.29, 0.717) is 0 Å². The molecule has 0 atom stereocenters. The van der Waals surface area contributed by atoms with Crippen molar-refractivity contribution in [1.82, 2.24) is 20.5 Å². The monoisotopic (exact) mass is 345 g/mol. The highest BCUT2D eigenvalue weighted by Gasteiger charge is 2.06. The van der Waals surface area contributed by atoms with Gasteiger partial charge in [0, 0.05) is 25.0 Å². The van der Waals surface area contributed by atoms with Crippen molar-refractivity contribution in [3.8, 4) is 0 Å². The van der Waals surface area contributed by atoms with Gasteiger partial charge in [-0.15, -0.1) is 11.3 Å². The fraction of sp³-hybridized carbons (Fsp3) is 0.444. The van der Waals surface area contributed by atoms with Crippen LogP contribution in [0.1, 0.15) is 26.7 Å². The van der Waals surface area contributed by atoms with E-state index in [4.69, 9.17) is 0 Å². The molecule has 5 nitrogen and oxygen atoms in total. The Labute approximate surface area is 148 Å². The number of benzene rings is 1. The maximum absolute atomic E-state index is 4.45. The molecule has 24 heavy (non-hydrogen) atoms. The van der Waals surface area contributed by atoms with E-state index in [1.54, 1.807) is 18.4 Å². The third-order valence-electron chi connectivity index (χ3n) is 3.62. The Kier molecular flexibility index (Phi) is 6.75. The maximum Gasteiger partial charge on any atom is 0.191 e. The molecule has 1 aromatic heterocycles. The highest BCUT2D eigenvalue weighted by Crippen LogP contribution is 2.16.